The molecule has 14 heavy (non-hydrogen) atoms. The zero-order valence-corrected chi connectivity index (χ0v) is 7.94. The molecule has 6 heteroatoms. The Bertz CT molecular complexity index is 356. The molecule has 0 aromatic heterocycles. The van der Waals surface area contributed by atoms with Gasteiger partial charge >= 0.3 is 0 Å². The molecule has 76 valence electrons. The van der Waals surface area contributed by atoms with Crippen LogP contribution >= 0.6 is 11.6 Å². The van der Waals surface area contributed by atoms with Crippen LogP contribution in [0.4, 0.5) is 5.69 Å². The van der Waals surface area contributed by atoms with Crippen molar-refractivity contribution in [2.24, 2.45) is 5.73 Å². The Balaban J connectivity index is 3.12. The average Bonchev–Trinajstić information content (AvgIpc) is 2.17. The molecule has 0 spiro atoms. The van der Waals surface area contributed by atoms with Crippen molar-refractivity contribution < 1.29 is 10.0 Å². The zero-order valence-electron chi connectivity index (χ0n) is 7.18. The number of hydrogen-bond donors (Lipinski definition) is 2. The molecule has 0 radical (unpaired) electrons. The largest absolute Gasteiger partial charge is 0.394 e. The van der Waals surface area contributed by atoms with E-state index in [0.717, 1.165) is 0 Å². The second kappa shape index (κ2) is 4.36. The summed E-state index contributed by atoms with van der Waals surface area (Å²) in [7, 11) is 0. The van der Waals surface area contributed by atoms with Crippen LogP contribution in [0.25, 0.3) is 0 Å². The van der Waals surface area contributed by atoms with Gasteiger partial charge in [-0.15, -0.1) is 0 Å². The summed E-state index contributed by atoms with van der Waals surface area (Å²) in [5, 5.41) is 19.3. The highest BCUT2D eigenvalue weighted by Crippen LogP contribution is 2.26. The number of nitro benzene ring substituents is 1. The van der Waals surface area contributed by atoms with E-state index in [0.29, 0.717) is 5.56 Å². The van der Waals surface area contributed by atoms with Gasteiger partial charge < -0.3 is 10.8 Å². The third-order valence-electron chi connectivity index (χ3n) is 1.79. The molecule has 0 bridgehead atoms. The fourth-order valence-corrected chi connectivity index (χ4v) is 1.19. The Morgan fingerprint density at radius 2 is 2.29 bits per heavy atom. The van der Waals surface area contributed by atoms with Crippen LogP contribution in [-0.4, -0.2) is 16.6 Å². The van der Waals surface area contributed by atoms with Crippen LogP contribution in [0.15, 0.2) is 18.2 Å². The van der Waals surface area contributed by atoms with Crippen LogP contribution in [0.5, 0.6) is 0 Å². The van der Waals surface area contributed by atoms with Gasteiger partial charge in [0.05, 0.1) is 17.6 Å². The first-order valence-electron chi connectivity index (χ1n) is 3.86. The Morgan fingerprint density at radius 3 is 2.79 bits per heavy atom. The zero-order chi connectivity index (χ0) is 10.7. The average molecular weight is 217 g/mol. The summed E-state index contributed by atoms with van der Waals surface area (Å²) in [5.74, 6) is 0. The number of halogens is 1. The molecule has 1 aromatic rings. The van der Waals surface area contributed by atoms with E-state index in [1.54, 1.807) is 6.07 Å². The lowest BCUT2D eigenvalue weighted by atomic mass is 10.1. The maximum Gasteiger partial charge on any atom is 0.288 e. The molecule has 0 saturated heterocycles. The maximum absolute atomic E-state index is 10.5. The fourth-order valence-electron chi connectivity index (χ4n) is 1.01. The molecule has 5 nitrogen and oxygen atoms in total. The van der Waals surface area contributed by atoms with Gasteiger partial charge in [0.15, 0.2) is 0 Å². The van der Waals surface area contributed by atoms with Gasteiger partial charge in [-0.25, -0.2) is 0 Å². The van der Waals surface area contributed by atoms with Gasteiger partial charge in [-0.1, -0.05) is 17.7 Å². The van der Waals surface area contributed by atoms with Crippen LogP contribution < -0.4 is 5.73 Å². The molecule has 0 heterocycles. The highest BCUT2D eigenvalue weighted by molar-refractivity contribution is 6.32. The second-order valence-corrected chi connectivity index (χ2v) is 3.16. The van der Waals surface area contributed by atoms with Crippen molar-refractivity contribution in [2.75, 3.05) is 6.61 Å². The normalized spacial score (nSPS) is 12.5. The monoisotopic (exact) mass is 216 g/mol. The van der Waals surface area contributed by atoms with E-state index < -0.39 is 11.0 Å². The first kappa shape index (κ1) is 10.9. The van der Waals surface area contributed by atoms with Crippen molar-refractivity contribution in [1.82, 2.24) is 0 Å². The molecule has 0 fully saturated rings. The lowest BCUT2D eigenvalue weighted by molar-refractivity contribution is -0.384. The molecule has 1 aromatic carbocycles. The van der Waals surface area contributed by atoms with Crippen molar-refractivity contribution in [2.45, 2.75) is 6.04 Å². The van der Waals surface area contributed by atoms with Gasteiger partial charge in [0, 0.05) is 6.07 Å². The van der Waals surface area contributed by atoms with Crippen molar-refractivity contribution in [3.05, 3.63) is 38.9 Å². The lowest BCUT2D eigenvalue weighted by Crippen LogP contribution is -2.14. The molecule has 1 atom stereocenters. The van der Waals surface area contributed by atoms with E-state index in [-0.39, 0.29) is 17.3 Å². The van der Waals surface area contributed by atoms with Gasteiger partial charge in [-0.05, 0) is 11.6 Å². The Labute approximate surface area is 85.3 Å². The number of nitrogens with two attached hydrogens (primary N) is 1. The molecular formula is C8H9ClN2O3. The number of nitrogens with zero attached hydrogens (tertiary/aromatic N) is 1. The molecule has 0 amide bonds. The highest BCUT2D eigenvalue weighted by atomic mass is 35.5. The van der Waals surface area contributed by atoms with Gasteiger partial charge in [0.1, 0.15) is 5.02 Å². The van der Waals surface area contributed by atoms with Gasteiger partial charge in [0.2, 0.25) is 0 Å². The number of nitro groups is 1. The van der Waals surface area contributed by atoms with E-state index in [1.165, 1.54) is 12.1 Å². The predicted octanol–water partition coefficient (Wildman–Crippen LogP) is 1.24. The Kier molecular flexibility index (Phi) is 3.40. The molecule has 0 saturated carbocycles. The first-order valence-corrected chi connectivity index (χ1v) is 4.24. The van der Waals surface area contributed by atoms with Crippen LogP contribution in [0.3, 0.4) is 0 Å². The summed E-state index contributed by atoms with van der Waals surface area (Å²) < 4.78 is 0. The minimum absolute atomic E-state index is 0.0592. The van der Waals surface area contributed by atoms with E-state index in [4.69, 9.17) is 22.4 Å². The quantitative estimate of drug-likeness (QED) is 0.588. The number of benzene rings is 1. The van der Waals surface area contributed by atoms with E-state index in [2.05, 4.69) is 0 Å². The highest BCUT2D eigenvalue weighted by Gasteiger charge is 2.15. The fraction of sp³-hybridized carbons (Fsp3) is 0.250. The number of rotatable bonds is 3. The summed E-state index contributed by atoms with van der Waals surface area (Å²) in [4.78, 5) is 9.92. The molecular weight excluding hydrogens is 208 g/mol. The van der Waals surface area contributed by atoms with Gasteiger partial charge in [0.25, 0.3) is 5.69 Å². The maximum atomic E-state index is 10.5. The SMILES string of the molecule is N[C@@H](CO)c1ccc(Cl)c([N+](=O)[O-])c1. The van der Waals surface area contributed by atoms with Crippen molar-refractivity contribution in [1.29, 1.82) is 0 Å². The van der Waals surface area contributed by atoms with Crippen molar-refractivity contribution in [3.63, 3.8) is 0 Å². The Morgan fingerprint density at radius 1 is 1.64 bits per heavy atom. The summed E-state index contributed by atoms with van der Waals surface area (Å²) in [6, 6.07) is 3.59. The first-order chi connectivity index (χ1) is 6.56. The lowest BCUT2D eigenvalue weighted by Gasteiger charge is -2.07. The summed E-state index contributed by atoms with van der Waals surface area (Å²) in [6.07, 6.45) is 0. The van der Waals surface area contributed by atoms with Gasteiger partial charge in [-0.2, -0.15) is 0 Å². The van der Waals surface area contributed by atoms with E-state index in [1.807, 2.05) is 0 Å². The topological polar surface area (TPSA) is 89.4 Å². The summed E-state index contributed by atoms with van der Waals surface area (Å²) in [5.41, 5.74) is 5.79. The molecule has 0 unspecified atom stereocenters. The minimum atomic E-state index is -0.619. The summed E-state index contributed by atoms with van der Waals surface area (Å²) >= 11 is 5.59. The van der Waals surface area contributed by atoms with E-state index in [9.17, 15) is 10.1 Å². The standard InChI is InChI=1S/C8H9ClN2O3/c9-6-2-1-5(7(10)4-12)3-8(6)11(13)14/h1-3,7,12H,4,10H2/t7-/m0/s1. The second-order valence-electron chi connectivity index (χ2n) is 2.76. The molecule has 0 aliphatic carbocycles. The molecule has 1 rings (SSSR count). The van der Waals surface area contributed by atoms with Crippen LogP contribution in [0.2, 0.25) is 5.02 Å². The van der Waals surface area contributed by atoms with Gasteiger partial charge in [-0.3, -0.25) is 10.1 Å². The van der Waals surface area contributed by atoms with Crippen molar-refractivity contribution in [3.8, 4) is 0 Å². The van der Waals surface area contributed by atoms with Crippen LogP contribution in [0, 0.1) is 10.1 Å². The van der Waals surface area contributed by atoms with Crippen molar-refractivity contribution >= 4 is 17.3 Å². The smallest absolute Gasteiger partial charge is 0.288 e. The third-order valence-corrected chi connectivity index (χ3v) is 2.11. The predicted molar refractivity (Wildman–Crippen MR) is 52.1 cm³/mol. The third kappa shape index (κ3) is 2.20. The molecule has 0 aliphatic rings. The molecule has 3 N–H and O–H groups in total. The molecule has 0 aliphatic heterocycles. The van der Waals surface area contributed by atoms with Crippen LogP contribution in [-0.2, 0) is 0 Å². The Hall–Kier alpha value is -1.17. The number of aliphatic hydroxyl groups is 1. The minimum Gasteiger partial charge on any atom is -0.394 e. The van der Waals surface area contributed by atoms with E-state index >= 15 is 0 Å². The number of hydrogen-bond acceptors (Lipinski definition) is 4. The van der Waals surface area contributed by atoms with Crippen LogP contribution in [0.1, 0.15) is 11.6 Å². The summed E-state index contributed by atoms with van der Waals surface area (Å²) in [6.45, 7) is -0.265. The number of aliphatic hydroxyl groups excluding tert-OH is 1.